The number of nitrogens with two attached hydrogens (primary N) is 1. The molecule has 0 saturated heterocycles. The van der Waals surface area contributed by atoms with Crippen LogP contribution in [-0.2, 0) is 0 Å². The molecule has 0 aromatic carbocycles. The fourth-order valence-corrected chi connectivity index (χ4v) is 2.85. The first-order valence-electron chi connectivity index (χ1n) is 6.79. The van der Waals surface area contributed by atoms with Gasteiger partial charge in [-0.05, 0) is 26.3 Å². The molecule has 3 nitrogen and oxygen atoms in total. The highest BCUT2D eigenvalue weighted by atomic mass is 16.3. The Morgan fingerprint density at radius 1 is 1.31 bits per heavy atom. The minimum Gasteiger partial charge on any atom is -0.395 e. The molecule has 96 valence electrons. The van der Waals surface area contributed by atoms with Crippen molar-refractivity contribution in [3.63, 3.8) is 0 Å². The van der Waals surface area contributed by atoms with Crippen LogP contribution in [0.25, 0.3) is 0 Å². The molecule has 2 atom stereocenters. The van der Waals surface area contributed by atoms with Gasteiger partial charge in [0.1, 0.15) is 0 Å². The lowest BCUT2D eigenvalue weighted by molar-refractivity contribution is 0.0720. The van der Waals surface area contributed by atoms with Crippen LogP contribution in [0, 0.1) is 0 Å². The molecule has 0 aromatic heterocycles. The van der Waals surface area contributed by atoms with Gasteiger partial charge in [-0.3, -0.25) is 4.90 Å². The van der Waals surface area contributed by atoms with E-state index in [0.717, 1.165) is 12.8 Å². The molecule has 1 aliphatic carbocycles. The quantitative estimate of drug-likeness (QED) is 0.728. The average molecular weight is 228 g/mol. The van der Waals surface area contributed by atoms with Gasteiger partial charge in [0.15, 0.2) is 0 Å². The van der Waals surface area contributed by atoms with E-state index in [4.69, 9.17) is 5.73 Å². The molecule has 0 aromatic rings. The Labute approximate surface area is 100 Å². The summed E-state index contributed by atoms with van der Waals surface area (Å²) in [6, 6.07) is 0.888. The second-order valence-electron chi connectivity index (χ2n) is 5.16. The van der Waals surface area contributed by atoms with Crippen LogP contribution in [0.15, 0.2) is 0 Å². The minimum absolute atomic E-state index is 0.113. The number of nitrogens with zero attached hydrogens (tertiary/aromatic N) is 1. The molecule has 0 bridgehead atoms. The summed E-state index contributed by atoms with van der Waals surface area (Å²) < 4.78 is 0. The summed E-state index contributed by atoms with van der Waals surface area (Å²) in [7, 11) is 2.13. The number of aliphatic hydroxyl groups is 1. The van der Waals surface area contributed by atoms with Crippen molar-refractivity contribution in [3.05, 3.63) is 0 Å². The maximum absolute atomic E-state index is 9.50. The molecular weight excluding hydrogens is 200 g/mol. The molecule has 0 aliphatic heterocycles. The van der Waals surface area contributed by atoms with Gasteiger partial charge in [0.25, 0.3) is 0 Å². The van der Waals surface area contributed by atoms with Crippen molar-refractivity contribution in [1.82, 2.24) is 4.90 Å². The van der Waals surface area contributed by atoms with Crippen LogP contribution in [0.1, 0.15) is 51.9 Å². The lowest BCUT2D eigenvalue weighted by Gasteiger charge is -2.39. The van der Waals surface area contributed by atoms with Crippen LogP contribution in [0.5, 0.6) is 0 Å². The highest BCUT2D eigenvalue weighted by Crippen LogP contribution is 2.24. The van der Waals surface area contributed by atoms with Crippen LogP contribution in [0.2, 0.25) is 0 Å². The van der Waals surface area contributed by atoms with Crippen molar-refractivity contribution in [2.75, 3.05) is 13.7 Å². The van der Waals surface area contributed by atoms with Crippen molar-refractivity contribution in [3.8, 4) is 0 Å². The van der Waals surface area contributed by atoms with E-state index in [9.17, 15) is 5.11 Å². The van der Waals surface area contributed by atoms with Crippen LogP contribution in [0.4, 0.5) is 0 Å². The molecule has 0 heterocycles. The van der Waals surface area contributed by atoms with Gasteiger partial charge in [0, 0.05) is 18.1 Å². The zero-order chi connectivity index (χ0) is 12.0. The van der Waals surface area contributed by atoms with E-state index < -0.39 is 0 Å². The van der Waals surface area contributed by atoms with Gasteiger partial charge < -0.3 is 10.8 Å². The van der Waals surface area contributed by atoms with Gasteiger partial charge in [-0.15, -0.1) is 0 Å². The van der Waals surface area contributed by atoms with Gasteiger partial charge in [-0.1, -0.05) is 32.6 Å². The third kappa shape index (κ3) is 3.72. The van der Waals surface area contributed by atoms with E-state index in [1.807, 2.05) is 0 Å². The largest absolute Gasteiger partial charge is 0.395 e. The highest BCUT2D eigenvalue weighted by Gasteiger charge is 2.27. The summed E-state index contributed by atoms with van der Waals surface area (Å²) in [6.07, 6.45) is 8.66. The first-order valence-corrected chi connectivity index (χ1v) is 6.79. The van der Waals surface area contributed by atoms with Gasteiger partial charge >= 0.3 is 0 Å². The Balaban J connectivity index is 2.49. The van der Waals surface area contributed by atoms with Crippen LogP contribution in [-0.4, -0.2) is 41.8 Å². The molecule has 3 N–H and O–H groups in total. The lowest BCUT2D eigenvalue weighted by atomic mass is 9.92. The normalized spacial score (nSPS) is 22.3. The number of likely N-dealkylation sites (N-methyl/N-ethyl adjacent to an activating group) is 1. The predicted molar refractivity (Wildman–Crippen MR) is 68.4 cm³/mol. The SMILES string of the molecule is CCCC(N)C(CO)N(C)C1CCCCC1. The Hall–Kier alpha value is -0.120. The molecular formula is C13H28N2O. The van der Waals surface area contributed by atoms with E-state index in [2.05, 4.69) is 18.9 Å². The number of rotatable bonds is 6. The predicted octanol–water partition coefficient (Wildman–Crippen LogP) is 1.74. The van der Waals surface area contributed by atoms with Crippen LogP contribution < -0.4 is 5.73 Å². The fraction of sp³-hybridized carbons (Fsp3) is 1.00. The van der Waals surface area contributed by atoms with Crippen molar-refractivity contribution in [2.24, 2.45) is 5.73 Å². The van der Waals surface area contributed by atoms with E-state index in [0.29, 0.717) is 6.04 Å². The van der Waals surface area contributed by atoms with E-state index in [1.165, 1.54) is 32.1 Å². The summed E-state index contributed by atoms with van der Waals surface area (Å²) in [5.41, 5.74) is 6.14. The van der Waals surface area contributed by atoms with Gasteiger partial charge in [-0.2, -0.15) is 0 Å². The number of aliphatic hydroxyl groups excluding tert-OH is 1. The van der Waals surface area contributed by atoms with Crippen LogP contribution >= 0.6 is 0 Å². The number of hydrogen-bond acceptors (Lipinski definition) is 3. The van der Waals surface area contributed by atoms with E-state index in [1.54, 1.807) is 0 Å². The van der Waals surface area contributed by atoms with E-state index >= 15 is 0 Å². The fourth-order valence-electron chi connectivity index (χ4n) is 2.85. The summed E-state index contributed by atoms with van der Waals surface area (Å²) in [6.45, 7) is 2.34. The standard InChI is InChI=1S/C13H28N2O/c1-3-7-12(14)13(10-16)15(2)11-8-5-4-6-9-11/h11-13,16H,3-10,14H2,1-2H3. The molecule has 1 saturated carbocycles. The second-order valence-corrected chi connectivity index (χ2v) is 5.16. The Kier molecular flexibility index (Phi) is 6.32. The van der Waals surface area contributed by atoms with Crippen molar-refractivity contribution < 1.29 is 5.11 Å². The first-order chi connectivity index (χ1) is 7.70. The van der Waals surface area contributed by atoms with Crippen LogP contribution in [0.3, 0.4) is 0 Å². The third-order valence-corrected chi connectivity index (χ3v) is 3.98. The Morgan fingerprint density at radius 3 is 2.44 bits per heavy atom. The molecule has 0 spiro atoms. The van der Waals surface area contributed by atoms with Crippen molar-refractivity contribution in [1.29, 1.82) is 0 Å². The third-order valence-electron chi connectivity index (χ3n) is 3.98. The molecule has 1 fully saturated rings. The topological polar surface area (TPSA) is 49.5 Å². The first kappa shape index (κ1) is 13.9. The molecule has 16 heavy (non-hydrogen) atoms. The highest BCUT2D eigenvalue weighted by molar-refractivity contribution is 4.85. The Morgan fingerprint density at radius 2 is 1.94 bits per heavy atom. The van der Waals surface area contributed by atoms with E-state index in [-0.39, 0.29) is 18.7 Å². The smallest absolute Gasteiger partial charge is 0.0601 e. The lowest BCUT2D eigenvalue weighted by Crippen LogP contribution is -2.52. The summed E-state index contributed by atoms with van der Waals surface area (Å²) in [4.78, 5) is 2.33. The summed E-state index contributed by atoms with van der Waals surface area (Å²) in [5, 5.41) is 9.50. The van der Waals surface area contributed by atoms with Crippen molar-refractivity contribution in [2.45, 2.75) is 70.0 Å². The molecule has 1 aliphatic rings. The zero-order valence-electron chi connectivity index (χ0n) is 10.9. The maximum Gasteiger partial charge on any atom is 0.0601 e. The van der Waals surface area contributed by atoms with Crippen molar-refractivity contribution >= 4 is 0 Å². The molecule has 1 rings (SSSR count). The van der Waals surface area contributed by atoms with Gasteiger partial charge in [0.05, 0.1) is 6.61 Å². The molecule has 2 unspecified atom stereocenters. The molecule has 0 amide bonds. The second kappa shape index (κ2) is 7.25. The number of hydrogen-bond donors (Lipinski definition) is 2. The van der Waals surface area contributed by atoms with Gasteiger partial charge in [-0.25, -0.2) is 0 Å². The molecule has 0 radical (unpaired) electrons. The maximum atomic E-state index is 9.50. The average Bonchev–Trinajstić information content (AvgIpc) is 2.31. The monoisotopic (exact) mass is 228 g/mol. The van der Waals surface area contributed by atoms with Gasteiger partial charge in [0.2, 0.25) is 0 Å². The summed E-state index contributed by atoms with van der Waals surface area (Å²) in [5.74, 6) is 0. The summed E-state index contributed by atoms with van der Waals surface area (Å²) >= 11 is 0. The molecule has 3 heteroatoms. The zero-order valence-corrected chi connectivity index (χ0v) is 10.9. The minimum atomic E-state index is 0.113. The Bertz CT molecular complexity index is 181.